The number of rotatable bonds is 5. The van der Waals surface area contributed by atoms with Gasteiger partial charge in [0.25, 0.3) is 0 Å². The van der Waals surface area contributed by atoms with Crippen LogP contribution in [0.25, 0.3) is 22.3 Å². The summed E-state index contributed by atoms with van der Waals surface area (Å²) in [4.78, 5) is 21.1. The second-order valence-electron chi connectivity index (χ2n) is 9.23. The molecule has 3 aromatic heterocycles. The Kier molecular flexibility index (Phi) is 4.20. The largest absolute Gasteiger partial charge is 0.383 e. The van der Waals surface area contributed by atoms with E-state index in [0.29, 0.717) is 23.4 Å². The molecule has 33 heavy (non-hydrogen) atoms. The first-order chi connectivity index (χ1) is 15.9. The number of amides is 2. The van der Waals surface area contributed by atoms with Gasteiger partial charge in [0.2, 0.25) is 0 Å². The Morgan fingerprint density at radius 3 is 2.76 bits per heavy atom. The van der Waals surface area contributed by atoms with Crippen molar-refractivity contribution < 1.29 is 9.32 Å². The van der Waals surface area contributed by atoms with Crippen molar-refractivity contribution in [2.45, 2.75) is 51.0 Å². The van der Waals surface area contributed by atoms with E-state index in [-0.39, 0.29) is 11.4 Å². The van der Waals surface area contributed by atoms with Crippen LogP contribution in [0.5, 0.6) is 0 Å². The van der Waals surface area contributed by atoms with E-state index in [1.807, 2.05) is 29.8 Å². The lowest BCUT2D eigenvalue weighted by Crippen LogP contribution is -2.20. The van der Waals surface area contributed by atoms with E-state index in [4.69, 9.17) is 15.4 Å². The number of carbonyl (C=O) groups is 1. The number of nitrogens with one attached hydrogen (secondary N) is 2. The predicted molar refractivity (Wildman–Crippen MR) is 124 cm³/mol. The highest BCUT2D eigenvalue weighted by Crippen LogP contribution is 2.48. The maximum absolute atomic E-state index is 12.5. The summed E-state index contributed by atoms with van der Waals surface area (Å²) in [5.74, 6) is 1.62. The molecule has 0 spiro atoms. The van der Waals surface area contributed by atoms with E-state index < -0.39 is 0 Å². The van der Waals surface area contributed by atoms with Crippen molar-refractivity contribution in [2.75, 3.05) is 16.4 Å². The highest BCUT2D eigenvalue weighted by atomic mass is 16.5. The summed E-state index contributed by atoms with van der Waals surface area (Å²) in [5.41, 5.74) is 10.2. The number of nitrogens with zero attached hydrogens (tertiary/aromatic N) is 5. The summed E-state index contributed by atoms with van der Waals surface area (Å²) in [6.45, 7) is 4.06. The number of hydrogen-bond donors (Lipinski definition) is 3. The number of nitrogens with two attached hydrogens (primary N) is 1. The third kappa shape index (κ3) is 3.47. The third-order valence-electron chi connectivity index (χ3n) is 6.51. The number of hydrogen-bond acceptors (Lipinski definition) is 7. The van der Waals surface area contributed by atoms with Gasteiger partial charge in [-0.15, -0.1) is 0 Å². The zero-order valence-electron chi connectivity index (χ0n) is 18.4. The Bertz CT molecular complexity index is 1400. The minimum atomic E-state index is -0.382. The number of anilines is 3. The minimum Gasteiger partial charge on any atom is -0.383 e. The van der Waals surface area contributed by atoms with E-state index in [0.717, 1.165) is 59.3 Å². The molecule has 4 aromatic rings. The van der Waals surface area contributed by atoms with Crippen molar-refractivity contribution in [1.29, 1.82) is 0 Å². The first kappa shape index (κ1) is 19.7. The smallest absolute Gasteiger partial charge is 0.324 e. The molecule has 0 aliphatic heterocycles. The summed E-state index contributed by atoms with van der Waals surface area (Å²) in [5, 5.41) is 15.1. The van der Waals surface area contributed by atoms with Crippen molar-refractivity contribution in [3.05, 3.63) is 41.9 Å². The van der Waals surface area contributed by atoms with Crippen LogP contribution in [0.4, 0.5) is 22.1 Å². The van der Waals surface area contributed by atoms with Crippen LogP contribution in [0.3, 0.4) is 0 Å². The normalized spacial score (nSPS) is 16.7. The van der Waals surface area contributed by atoms with Crippen molar-refractivity contribution in [1.82, 2.24) is 24.9 Å². The predicted octanol–water partition coefficient (Wildman–Crippen LogP) is 4.40. The van der Waals surface area contributed by atoms with Crippen LogP contribution >= 0.6 is 0 Å². The van der Waals surface area contributed by atoms with Crippen LogP contribution in [0, 0.1) is 6.92 Å². The standard InChI is InChI=1S/C23H24N8O2/c1-12-9-13(19-18-20(24)25-11-26-21(18)31(29-19)14-4-5-14)3-6-15(12)27-22(32)28-17-10-16(33-30-17)23(2)7-8-23/h3,6,9-11,14H,4-5,7-8H2,1-2H3,(H2,24,25,26)(H2,27,28,30,32). The second-order valence-corrected chi connectivity index (χ2v) is 9.23. The number of benzene rings is 1. The Hall–Kier alpha value is -3.95. The number of fused-ring (bicyclic) bond motifs is 1. The van der Waals surface area contributed by atoms with Gasteiger partial charge >= 0.3 is 6.03 Å². The van der Waals surface area contributed by atoms with Crippen molar-refractivity contribution >= 4 is 34.4 Å². The SMILES string of the molecule is Cc1cc(-c2nn(C3CC3)c3ncnc(N)c23)ccc1NC(=O)Nc1cc(C2(C)CC2)on1. The van der Waals surface area contributed by atoms with Gasteiger partial charge in [-0.2, -0.15) is 5.10 Å². The third-order valence-corrected chi connectivity index (χ3v) is 6.51. The van der Waals surface area contributed by atoms with Crippen LogP contribution in [-0.4, -0.2) is 30.9 Å². The zero-order valence-corrected chi connectivity index (χ0v) is 18.4. The van der Waals surface area contributed by atoms with Gasteiger partial charge in [0.05, 0.1) is 11.4 Å². The monoisotopic (exact) mass is 444 g/mol. The molecule has 0 saturated heterocycles. The van der Waals surface area contributed by atoms with Crippen LogP contribution in [0.1, 0.15) is 50.0 Å². The molecular weight excluding hydrogens is 420 g/mol. The molecule has 2 saturated carbocycles. The highest BCUT2D eigenvalue weighted by Gasteiger charge is 2.43. The molecule has 0 bridgehead atoms. The van der Waals surface area contributed by atoms with Gasteiger partial charge in [-0.3, -0.25) is 5.32 Å². The van der Waals surface area contributed by atoms with E-state index in [2.05, 4.69) is 32.7 Å². The molecule has 6 rings (SSSR count). The molecule has 0 radical (unpaired) electrons. The Morgan fingerprint density at radius 2 is 2.03 bits per heavy atom. The van der Waals surface area contributed by atoms with Crippen molar-refractivity contribution in [3.8, 4) is 11.3 Å². The van der Waals surface area contributed by atoms with Crippen LogP contribution in [0.2, 0.25) is 0 Å². The fourth-order valence-electron chi connectivity index (χ4n) is 4.04. The number of nitrogen functional groups attached to an aromatic ring is 1. The highest BCUT2D eigenvalue weighted by molar-refractivity contribution is 6.01. The molecule has 2 aliphatic carbocycles. The Balaban J connectivity index is 1.24. The first-order valence-corrected chi connectivity index (χ1v) is 11.1. The number of aryl methyl sites for hydroxylation is 1. The van der Waals surface area contributed by atoms with E-state index in [1.165, 1.54) is 6.33 Å². The molecule has 3 heterocycles. The van der Waals surface area contributed by atoms with Gasteiger partial charge < -0.3 is 15.6 Å². The molecular formula is C23H24N8O2. The lowest BCUT2D eigenvalue weighted by Gasteiger charge is -2.10. The molecule has 10 nitrogen and oxygen atoms in total. The number of urea groups is 1. The van der Waals surface area contributed by atoms with E-state index in [1.54, 1.807) is 6.07 Å². The number of carbonyl (C=O) groups excluding carboxylic acids is 1. The summed E-state index contributed by atoms with van der Waals surface area (Å²) in [6, 6.07) is 7.51. The molecule has 2 amide bonds. The quantitative estimate of drug-likeness (QED) is 0.415. The second kappa shape index (κ2) is 7.03. The fourth-order valence-corrected chi connectivity index (χ4v) is 4.04. The van der Waals surface area contributed by atoms with Gasteiger partial charge in [0.15, 0.2) is 11.5 Å². The van der Waals surface area contributed by atoms with Crippen molar-refractivity contribution in [2.24, 2.45) is 0 Å². The van der Waals surface area contributed by atoms with Gasteiger partial charge in [0, 0.05) is 22.7 Å². The average molecular weight is 444 g/mol. The topological polar surface area (TPSA) is 137 Å². The van der Waals surface area contributed by atoms with Gasteiger partial charge in [-0.05, 0) is 50.3 Å². The number of aromatic nitrogens is 5. The maximum atomic E-state index is 12.5. The molecule has 2 aliphatic rings. The Labute approximate surface area is 189 Å². The maximum Gasteiger partial charge on any atom is 0.324 e. The summed E-state index contributed by atoms with van der Waals surface area (Å²) in [6.07, 6.45) is 5.80. The molecule has 0 unspecified atom stereocenters. The van der Waals surface area contributed by atoms with Gasteiger partial charge in [0.1, 0.15) is 23.6 Å². The first-order valence-electron chi connectivity index (χ1n) is 11.1. The summed E-state index contributed by atoms with van der Waals surface area (Å²) < 4.78 is 7.33. The summed E-state index contributed by atoms with van der Waals surface area (Å²) in [7, 11) is 0. The van der Waals surface area contributed by atoms with Crippen molar-refractivity contribution in [3.63, 3.8) is 0 Å². The molecule has 0 atom stereocenters. The average Bonchev–Trinajstić information content (AvgIpc) is 3.68. The molecule has 168 valence electrons. The molecule has 2 fully saturated rings. The van der Waals surface area contributed by atoms with Gasteiger partial charge in [-0.25, -0.2) is 19.4 Å². The minimum absolute atomic E-state index is 0.0565. The van der Waals surface area contributed by atoms with Crippen LogP contribution in [0.15, 0.2) is 35.1 Å². The van der Waals surface area contributed by atoms with E-state index in [9.17, 15) is 4.79 Å². The summed E-state index contributed by atoms with van der Waals surface area (Å²) >= 11 is 0. The molecule has 4 N–H and O–H groups in total. The Morgan fingerprint density at radius 1 is 1.21 bits per heavy atom. The zero-order chi connectivity index (χ0) is 22.7. The molecule has 1 aromatic carbocycles. The fraction of sp³-hybridized carbons (Fsp3) is 0.348. The van der Waals surface area contributed by atoms with E-state index >= 15 is 0 Å². The van der Waals surface area contributed by atoms with Crippen LogP contribution in [-0.2, 0) is 5.41 Å². The lowest BCUT2D eigenvalue weighted by molar-refractivity contribution is 0.262. The molecule has 10 heteroatoms. The van der Waals surface area contributed by atoms with Gasteiger partial charge in [-0.1, -0.05) is 18.1 Å². The lowest BCUT2D eigenvalue weighted by atomic mass is 10.1. The van der Waals surface area contributed by atoms with Crippen LogP contribution < -0.4 is 16.4 Å².